The van der Waals surface area contributed by atoms with Crippen molar-refractivity contribution in [3.8, 4) is 5.75 Å². The van der Waals surface area contributed by atoms with Crippen molar-refractivity contribution in [3.63, 3.8) is 0 Å². The number of nitrogens with two attached hydrogens (primary N) is 1. The van der Waals surface area contributed by atoms with Gasteiger partial charge in [-0.25, -0.2) is 18.4 Å². The van der Waals surface area contributed by atoms with Gasteiger partial charge >= 0.3 is 0 Å². The van der Waals surface area contributed by atoms with E-state index in [1.165, 1.54) is 16.8 Å². The molecule has 0 fully saturated rings. The number of benzene rings is 3. The highest BCUT2D eigenvalue weighted by Crippen LogP contribution is 2.35. The lowest BCUT2D eigenvalue weighted by Gasteiger charge is -2.05. The zero-order valence-corrected chi connectivity index (χ0v) is 19.5. The Morgan fingerprint density at radius 2 is 1.74 bits per heavy atom. The smallest absolute Gasteiger partial charge is 0.212 e. The Hall–Kier alpha value is -3.95. The summed E-state index contributed by atoms with van der Waals surface area (Å²) < 4.78 is 33.8. The molecule has 3 aromatic carbocycles. The van der Waals surface area contributed by atoms with Crippen LogP contribution in [0.25, 0.3) is 22.2 Å². The minimum Gasteiger partial charge on any atom is -0.497 e. The van der Waals surface area contributed by atoms with Crippen LogP contribution >= 0.6 is 11.6 Å². The van der Waals surface area contributed by atoms with Crippen molar-refractivity contribution in [1.29, 1.82) is 0 Å². The van der Waals surface area contributed by atoms with Crippen molar-refractivity contribution < 1.29 is 13.2 Å². The van der Waals surface area contributed by atoms with Gasteiger partial charge in [-0.2, -0.15) is 9.78 Å². The van der Waals surface area contributed by atoms with Crippen LogP contribution in [0.2, 0.25) is 5.02 Å². The van der Waals surface area contributed by atoms with Gasteiger partial charge in [0.2, 0.25) is 9.84 Å². The van der Waals surface area contributed by atoms with Crippen LogP contribution in [-0.4, -0.2) is 36.4 Å². The molecule has 8 nitrogen and oxygen atoms in total. The van der Waals surface area contributed by atoms with Crippen molar-refractivity contribution in [2.75, 3.05) is 12.8 Å². The molecule has 0 aliphatic carbocycles. The van der Waals surface area contributed by atoms with Gasteiger partial charge in [0.1, 0.15) is 22.0 Å². The van der Waals surface area contributed by atoms with Crippen molar-refractivity contribution >= 4 is 55.7 Å². The standard InChI is InChI=1S/C24H18ClN5O3S/c1-33-17-8-4-6-15(12-17)14-27-30-23(26)22(34(31,32)18-9-5-7-16(25)13-18)21-24(30)29-20-11-3-2-10-19(20)28-21/h2-14H,26H2,1H3. The lowest BCUT2D eigenvalue weighted by atomic mass is 10.2. The molecule has 2 N–H and O–H groups in total. The molecule has 2 aromatic heterocycles. The second-order valence-corrected chi connectivity index (χ2v) is 9.72. The number of fused-ring (bicyclic) bond motifs is 2. The molecule has 170 valence electrons. The van der Waals surface area contributed by atoms with E-state index in [1.54, 1.807) is 49.7 Å². The van der Waals surface area contributed by atoms with Gasteiger partial charge in [0.25, 0.3) is 0 Å². The first-order chi connectivity index (χ1) is 16.4. The largest absolute Gasteiger partial charge is 0.497 e. The number of ether oxygens (including phenoxy) is 1. The lowest BCUT2D eigenvalue weighted by molar-refractivity contribution is 0.415. The van der Waals surface area contributed by atoms with Crippen LogP contribution in [0.4, 0.5) is 5.82 Å². The summed E-state index contributed by atoms with van der Waals surface area (Å²) in [5.74, 6) is 0.550. The minimum atomic E-state index is -4.09. The molecule has 0 amide bonds. The van der Waals surface area contributed by atoms with Crippen LogP contribution in [0.3, 0.4) is 0 Å². The average Bonchev–Trinajstić information content (AvgIpc) is 3.12. The van der Waals surface area contributed by atoms with Crippen LogP contribution in [0.15, 0.2) is 87.7 Å². The van der Waals surface area contributed by atoms with Gasteiger partial charge < -0.3 is 10.5 Å². The Morgan fingerprint density at radius 3 is 2.47 bits per heavy atom. The predicted octanol–water partition coefficient (Wildman–Crippen LogP) is 4.54. The van der Waals surface area contributed by atoms with E-state index in [4.69, 9.17) is 22.1 Å². The van der Waals surface area contributed by atoms with Crippen LogP contribution in [-0.2, 0) is 9.84 Å². The normalized spacial score (nSPS) is 12.1. The zero-order chi connectivity index (χ0) is 23.9. The molecule has 5 aromatic rings. The van der Waals surface area contributed by atoms with E-state index in [0.29, 0.717) is 16.8 Å². The van der Waals surface area contributed by atoms with Gasteiger partial charge in [-0.05, 0) is 48.0 Å². The molecule has 0 aliphatic rings. The maximum Gasteiger partial charge on any atom is 0.212 e. The first-order valence-electron chi connectivity index (χ1n) is 10.1. The number of aromatic nitrogens is 3. The molecule has 0 bridgehead atoms. The molecule has 2 heterocycles. The maximum atomic E-state index is 13.6. The topological polar surface area (TPSA) is 112 Å². The Morgan fingerprint density at radius 1 is 1.00 bits per heavy atom. The number of hydrogen-bond donors (Lipinski definition) is 1. The van der Waals surface area contributed by atoms with E-state index in [9.17, 15) is 8.42 Å². The summed E-state index contributed by atoms with van der Waals surface area (Å²) in [6.45, 7) is 0. The van der Waals surface area contributed by atoms with Gasteiger partial charge in [-0.3, -0.25) is 0 Å². The number of hydrogen-bond acceptors (Lipinski definition) is 7. The van der Waals surface area contributed by atoms with E-state index < -0.39 is 9.84 Å². The highest BCUT2D eigenvalue weighted by Gasteiger charge is 2.30. The zero-order valence-electron chi connectivity index (χ0n) is 17.9. The molecular formula is C24H18ClN5O3S. The molecule has 34 heavy (non-hydrogen) atoms. The second kappa shape index (κ2) is 8.44. The molecule has 0 aliphatic heterocycles. The van der Waals surface area contributed by atoms with E-state index in [0.717, 1.165) is 5.56 Å². The highest BCUT2D eigenvalue weighted by atomic mass is 35.5. The monoisotopic (exact) mass is 491 g/mol. The number of rotatable bonds is 5. The Bertz CT molecular complexity index is 1700. The first-order valence-corrected chi connectivity index (χ1v) is 12.0. The number of nitrogens with zero attached hydrogens (tertiary/aromatic N) is 4. The molecular weight excluding hydrogens is 474 g/mol. The fraction of sp³-hybridized carbons (Fsp3) is 0.0417. The van der Waals surface area contributed by atoms with Crippen molar-refractivity contribution in [2.24, 2.45) is 5.10 Å². The third-order valence-corrected chi connectivity index (χ3v) is 7.27. The first kappa shape index (κ1) is 21.9. The van der Waals surface area contributed by atoms with E-state index in [1.807, 2.05) is 24.3 Å². The molecule has 0 saturated heterocycles. The fourth-order valence-corrected chi connectivity index (χ4v) is 5.39. The lowest BCUT2D eigenvalue weighted by Crippen LogP contribution is -2.06. The van der Waals surface area contributed by atoms with Crippen LogP contribution < -0.4 is 10.5 Å². The van der Waals surface area contributed by atoms with Crippen LogP contribution in [0, 0.1) is 0 Å². The van der Waals surface area contributed by atoms with Crippen LogP contribution in [0.1, 0.15) is 5.56 Å². The molecule has 5 rings (SSSR count). The molecule has 0 saturated carbocycles. The quantitative estimate of drug-likeness (QED) is 0.361. The van der Waals surface area contributed by atoms with Gasteiger partial charge in [0, 0.05) is 5.02 Å². The number of halogens is 1. The third-order valence-electron chi connectivity index (χ3n) is 5.22. The van der Waals surface area contributed by atoms with Gasteiger partial charge in [0.05, 0.1) is 29.3 Å². The van der Waals surface area contributed by atoms with Crippen molar-refractivity contribution in [1.82, 2.24) is 14.6 Å². The number of para-hydroxylation sites is 2. The summed E-state index contributed by atoms with van der Waals surface area (Å²) in [6, 6.07) is 20.4. The second-order valence-electron chi connectivity index (χ2n) is 7.39. The average molecular weight is 492 g/mol. The number of anilines is 1. The summed E-state index contributed by atoms with van der Waals surface area (Å²) in [7, 11) is -2.52. The van der Waals surface area contributed by atoms with E-state index in [2.05, 4.69) is 15.1 Å². The van der Waals surface area contributed by atoms with Gasteiger partial charge in [0.15, 0.2) is 5.65 Å². The fourth-order valence-electron chi connectivity index (χ4n) is 3.60. The molecule has 0 spiro atoms. The number of sulfone groups is 1. The predicted molar refractivity (Wildman–Crippen MR) is 132 cm³/mol. The van der Waals surface area contributed by atoms with E-state index in [-0.39, 0.29) is 31.8 Å². The SMILES string of the molecule is COc1cccc(C=Nn2c(N)c(S(=O)(=O)c3cccc(Cl)c3)c3nc4ccccc4nc32)c1. The number of methoxy groups -OCH3 is 1. The van der Waals surface area contributed by atoms with Crippen molar-refractivity contribution in [3.05, 3.63) is 83.4 Å². The molecule has 0 unspecified atom stereocenters. The summed E-state index contributed by atoms with van der Waals surface area (Å²) >= 11 is 6.06. The third kappa shape index (κ3) is 3.74. The summed E-state index contributed by atoms with van der Waals surface area (Å²) in [5.41, 5.74) is 8.58. The summed E-state index contributed by atoms with van der Waals surface area (Å²) in [6.07, 6.45) is 1.55. The molecule has 0 radical (unpaired) electrons. The highest BCUT2D eigenvalue weighted by molar-refractivity contribution is 7.92. The van der Waals surface area contributed by atoms with Gasteiger partial charge in [-0.1, -0.05) is 41.9 Å². The minimum absolute atomic E-state index is 0.00233. The maximum absolute atomic E-state index is 13.6. The summed E-state index contributed by atoms with van der Waals surface area (Å²) in [5, 5.41) is 4.74. The van der Waals surface area contributed by atoms with Crippen molar-refractivity contribution in [2.45, 2.75) is 9.79 Å². The Kier molecular flexibility index (Phi) is 5.43. The Labute approximate surface area is 200 Å². The van der Waals surface area contributed by atoms with Crippen LogP contribution in [0.5, 0.6) is 5.75 Å². The number of nitrogen functional groups attached to an aromatic ring is 1. The molecule has 0 atom stereocenters. The van der Waals surface area contributed by atoms with Gasteiger partial charge in [-0.15, -0.1) is 0 Å². The summed E-state index contributed by atoms with van der Waals surface area (Å²) in [4.78, 5) is 9.03. The van der Waals surface area contributed by atoms with E-state index >= 15 is 0 Å². The Balaban J connectivity index is 1.78. The molecule has 10 heteroatoms.